The lowest BCUT2D eigenvalue weighted by molar-refractivity contribution is 0.107. The molecule has 3 aliphatic rings. The number of terminal acetylenes is 1. The number of halogens is 3. The van der Waals surface area contributed by atoms with Crippen LogP contribution in [0.15, 0.2) is 30.5 Å². The highest BCUT2D eigenvalue weighted by Gasteiger charge is 2.49. The van der Waals surface area contributed by atoms with E-state index in [9.17, 15) is 18.7 Å². The number of amides is 2. The van der Waals surface area contributed by atoms with Crippen LogP contribution in [0.25, 0.3) is 32.9 Å². The summed E-state index contributed by atoms with van der Waals surface area (Å²) >= 11 is 0. The number of aromatic hydroxyl groups is 1. The number of phenolic OH excluding ortho intramolecular Hbond substituents is 1. The maximum Gasteiger partial charge on any atom is 0.317 e. The minimum atomic E-state index is -0.953. The Hall–Kier alpha value is -4.63. The number of aromatic nitrogens is 3. The van der Waals surface area contributed by atoms with Gasteiger partial charge in [-0.15, -0.1) is 6.42 Å². The summed E-state index contributed by atoms with van der Waals surface area (Å²) in [7, 11) is 0. The molecule has 0 radical (unpaired) electrons. The summed E-state index contributed by atoms with van der Waals surface area (Å²) in [6.45, 7) is 1.94. The number of pyridine rings is 1. The third-order valence-corrected chi connectivity index (χ3v) is 9.26. The van der Waals surface area contributed by atoms with E-state index in [1.54, 1.807) is 0 Å². The molecule has 3 saturated heterocycles. The Labute approximate surface area is 250 Å². The van der Waals surface area contributed by atoms with E-state index < -0.39 is 29.4 Å². The fourth-order valence-electron chi connectivity index (χ4n) is 7.21. The van der Waals surface area contributed by atoms with Crippen LogP contribution in [0.5, 0.6) is 11.8 Å². The molecule has 7 rings (SSSR count). The summed E-state index contributed by atoms with van der Waals surface area (Å²) in [5.74, 6) is 0.338. The van der Waals surface area contributed by atoms with Crippen molar-refractivity contribution >= 4 is 27.7 Å². The smallest absolute Gasteiger partial charge is 0.317 e. The van der Waals surface area contributed by atoms with Gasteiger partial charge in [-0.1, -0.05) is 12.0 Å². The van der Waals surface area contributed by atoms with Gasteiger partial charge in [-0.3, -0.25) is 9.88 Å². The molecule has 3 atom stereocenters. The highest BCUT2D eigenvalue weighted by Crippen LogP contribution is 2.42. The molecule has 2 aromatic heterocycles. The lowest BCUT2D eigenvalue weighted by atomic mass is 9.95. The number of alkyl halides is 1. The molecule has 3 N–H and O–H groups in total. The quantitative estimate of drug-likeness (QED) is 0.320. The number of hydrogen-bond donors (Lipinski definition) is 2. The summed E-state index contributed by atoms with van der Waals surface area (Å²) in [6, 6.07) is 4.67. The Bertz CT molecular complexity index is 1880. The number of nitrogens with zero attached hydrogens (tertiary/aromatic N) is 5. The molecule has 4 aromatic rings. The highest BCUT2D eigenvalue weighted by molar-refractivity contribution is 6.02. The van der Waals surface area contributed by atoms with Gasteiger partial charge in [0.25, 0.3) is 0 Å². The minimum Gasteiger partial charge on any atom is -0.508 e. The maximum absolute atomic E-state index is 16.6. The summed E-state index contributed by atoms with van der Waals surface area (Å²) < 4.78 is 51.9. The average Bonchev–Trinajstić information content (AvgIpc) is 3.71. The number of carbonyl (C=O) groups is 1. The molecule has 12 heteroatoms. The first-order valence-corrected chi connectivity index (χ1v) is 14.5. The molecule has 9 nitrogen and oxygen atoms in total. The van der Waals surface area contributed by atoms with Crippen LogP contribution in [0.2, 0.25) is 0 Å². The number of rotatable bonds is 5. The van der Waals surface area contributed by atoms with E-state index in [4.69, 9.17) is 16.9 Å². The van der Waals surface area contributed by atoms with Gasteiger partial charge in [0.05, 0.1) is 16.8 Å². The van der Waals surface area contributed by atoms with Gasteiger partial charge in [0.1, 0.15) is 35.6 Å². The molecule has 0 aliphatic carbocycles. The summed E-state index contributed by atoms with van der Waals surface area (Å²) in [4.78, 5) is 29.0. The third kappa shape index (κ3) is 4.54. The zero-order valence-electron chi connectivity index (χ0n) is 23.7. The Morgan fingerprint density at radius 1 is 1.23 bits per heavy atom. The van der Waals surface area contributed by atoms with Gasteiger partial charge < -0.3 is 20.5 Å². The lowest BCUT2D eigenvalue weighted by Gasteiger charge is -2.30. The number of fused-ring (bicyclic) bond motifs is 3. The van der Waals surface area contributed by atoms with Gasteiger partial charge in [-0.05, 0) is 49.4 Å². The third-order valence-electron chi connectivity index (χ3n) is 9.26. The van der Waals surface area contributed by atoms with E-state index in [0.717, 1.165) is 19.4 Å². The first-order chi connectivity index (χ1) is 21.2. The number of benzene rings is 2. The molecule has 226 valence electrons. The Balaban J connectivity index is 1.38. The van der Waals surface area contributed by atoms with Crippen molar-refractivity contribution in [2.75, 3.05) is 32.8 Å². The molecular weight excluding hydrogens is 573 g/mol. The zero-order valence-corrected chi connectivity index (χ0v) is 23.7. The lowest BCUT2D eigenvalue weighted by Crippen LogP contribution is -2.43. The van der Waals surface area contributed by atoms with E-state index in [1.165, 1.54) is 35.4 Å². The number of primary amides is 1. The largest absolute Gasteiger partial charge is 0.508 e. The number of ether oxygens (including phenoxy) is 1. The minimum absolute atomic E-state index is 0.0827. The molecule has 0 saturated carbocycles. The number of urea groups is 1. The molecule has 2 amide bonds. The monoisotopic (exact) mass is 602 g/mol. The molecule has 0 spiro atoms. The van der Waals surface area contributed by atoms with E-state index in [2.05, 4.69) is 25.8 Å². The van der Waals surface area contributed by atoms with Crippen LogP contribution in [0.3, 0.4) is 0 Å². The Kier molecular flexibility index (Phi) is 6.73. The molecule has 44 heavy (non-hydrogen) atoms. The molecule has 1 unspecified atom stereocenters. The van der Waals surface area contributed by atoms with Gasteiger partial charge in [-0.2, -0.15) is 9.97 Å². The van der Waals surface area contributed by atoms with Crippen LogP contribution in [-0.2, 0) is 0 Å². The van der Waals surface area contributed by atoms with Gasteiger partial charge in [0.15, 0.2) is 5.82 Å². The van der Waals surface area contributed by atoms with Crippen LogP contribution in [-0.4, -0.2) is 80.4 Å². The van der Waals surface area contributed by atoms with Crippen LogP contribution >= 0.6 is 0 Å². The average molecular weight is 603 g/mol. The van der Waals surface area contributed by atoms with Crippen molar-refractivity contribution in [1.82, 2.24) is 24.8 Å². The number of phenols is 1. The van der Waals surface area contributed by atoms with Gasteiger partial charge in [0, 0.05) is 54.5 Å². The second-order valence-electron chi connectivity index (χ2n) is 11.9. The van der Waals surface area contributed by atoms with E-state index in [1.807, 2.05) is 0 Å². The van der Waals surface area contributed by atoms with Crippen molar-refractivity contribution in [3.05, 3.63) is 53.4 Å². The van der Waals surface area contributed by atoms with Gasteiger partial charge in [0.2, 0.25) is 0 Å². The van der Waals surface area contributed by atoms with E-state index >= 15 is 4.39 Å². The van der Waals surface area contributed by atoms with Crippen molar-refractivity contribution in [2.45, 2.75) is 43.3 Å². The summed E-state index contributed by atoms with van der Waals surface area (Å²) in [6.07, 6.45) is 8.66. The number of carbonyl (C=O) groups excluding carboxylic acids is 1. The van der Waals surface area contributed by atoms with Crippen molar-refractivity contribution in [3.63, 3.8) is 0 Å². The Morgan fingerprint density at radius 3 is 2.84 bits per heavy atom. The van der Waals surface area contributed by atoms with Crippen molar-refractivity contribution in [2.24, 2.45) is 5.73 Å². The zero-order chi connectivity index (χ0) is 30.7. The summed E-state index contributed by atoms with van der Waals surface area (Å²) in [5.41, 5.74) is 5.19. The fourth-order valence-corrected chi connectivity index (χ4v) is 7.21. The molecule has 5 heterocycles. The predicted octanol–water partition coefficient (Wildman–Crippen LogP) is 4.63. The van der Waals surface area contributed by atoms with Crippen LogP contribution in [0, 0.1) is 24.0 Å². The van der Waals surface area contributed by atoms with Gasteiger partial charge in [-0.25, -0.2) is 18.0 Å². The predicted molar refractivity (Wildman–Crippen MR) is 157 cm³/mol. The molecule has 0 bridgehead atoms. The van der Waals surface area contributed by atoms with Gasteiger partial charge >= 0.3 is 12.0 Å². The second kappa shape index (κ2) is 10.5. The number of hydrogen-bond acceptors (Lipinski definition) is 7. The molecule has 2 aromatic carbocycles. The first-order valence-electron chi connectivity index (χ1n) is 14.5. The molecule has 3 fully saturated rings. The van der Waals surface area contributed by atoms with Crippen LogP contribution < -0.4 is 10.5 Å². The van der Waals surface area contributed by atoms with Crippen LogP contribution in [0.1, 0.15) is 42.9 Å². The number of nitrogens with two attached hydrogens (primary N) is 1. The number of likely N-dealkylation sites (tertiary alicyclic amines) is 1. The standard InChI is InChI=1S/C32H29F3N6O3/c1-2-21-24(34)5-4-17-10-20(42)11-22(25(17)21)28-26(35)29-23(13-37-28)27(18-6-9-40(14-18)30(36)43)38-31(39-29)44-16-32-7-3-8-41(32)15-19(33)12-32/h1,4-5,10-11,13,18-19,42H,3,6-9,12,14-16H2,(H2,36,43)/t18?,19-,32+/m1/s1. The maximum atomic E-state index is 16.6. The van der Waals surface area contributed by atoms with E-state index in [-0.39, 0.29) is 58.6 Å². The molecular formula is C32H29F3N6O3. The van der Waals surface area contributed by atoms with Crippen molar-refractivity contribution in [3.8, 4) is 35.4 Å². The first kappa shape index (κ1) is 28.2. The topological polar surface area (TPSA) is 118 Å². The fraction of sp³-hybridized carbons (Fsp3) is 0.375. The van der Waals surface area contributed by atoms with Crippen molar-refractivity contribution in [1.29, 1.82) is 0 Å². The molecule has 3 aliphatic heterocycles. The highest BCUT2D eigenvalue weighted by atomic mass is 19.1. The van der Waals surface area contributed by atoms with E-state index in [0.29, 0.717) is 42.4 Å². The second-order valence-corrected chi connectivity index (χ2v) is 11.9. The Morgan fingerprint density at radius 2 is 2.07 bits per heavy atom. The van der Waals surface area contributed by atoms with Crippen molar-refractivity contribution < 1.29 is 27.8 Å². The normalized spacial score (nSPS) is 23.4. The SMILES string of the molecule is C#Cc1c(F)ccc2cc(O)cc(-c3ncc4c(C5CCN(C(N)=O)C5)nc(OC[C@@]56CCCN5C[C@H](F)C6)nc4c3F)c12. The summed E-state index contributed by atoms with van der Waals surface area (Å²) in [5, 5.41) is 11.4. The van der Waals surface area contributed by atoms with Crippen LogP contribution in [0.4, 0.5) is 18.0 Å².